The number of fused-ring (bicyclic) bond motifs is 1. The second kappa shape index (κ2) is 11.8. The summed E-state index contributed by atoms with van der Waals surface area (Å²) in [6, 6.07) is 4.31. The molecule has 6 nitrogen and oxygen atoms in total. The molecule has 1 aliphatic heterocycles. The lowest BCUT2D eigenvalue weighted by Gasteiger charge is -2.29. The van der Waals surface area contributed by atoms with Crippen LogP contribution in [0.15, 0.2) is 12.1 Å². The Hall–Kier alpha value is -1.79. The highest BCUT2D eigenvalue weighted by molar-refractivity contribution is 5.74. The van der Waals surface area contributed by atoms with Crippen LogP contribution in [0.1, 0.15) is 63.5 Å². The predicted octanol–water partition coefficient (Wildman–Crippen LogP) is 3.69. The summed E-state index contributed by atoms with van der Waals surface area (Å²) in [5.41, 5.74) is 4.40. The molecule has 2 N–H and O–H groups in total. The van der Waals surface area contributed by atoms with Crippen molar-refractivity contribution < 1.29 is 19.5 Å². The summed E-state index contributed by atoms with van der Waals surface area (Å²) >= 11 is 0. The average molecular weight is 379 g/mol. The molecule has 1 heterocycles. The SMILES string of the molecule is CCOc1cc2c(cc1OCC)CN(CCCCCCCC(=O)NO)CC2. The van der Waals surface area contributed by atoms with Gasteiger partial charge in [-0.15, -0.1) is 0 Å². The van der Waals surface area contributed by atoms with Gasteiger partial charge in [-0.25, -0.2) is 5.48 Å². The fourth-order valence-corrected chi connectivity index (χ4v) is 3.56. The molecule has 0 bridgehead atoms. The summed E-state index contributed by atoms with van der Waals surface area (Å²) in [5.74, 6) is 1.43. The second-order valence-corrected chi connectivity index (χ2v) is 7.01. The van der Waals surface area contributed by atoms with Gasteiger partial charge in [0.2, 0.25) is 5.91 Å². The molecule has 0 aliphatic carbocycles. The number of rotatable bonds is 12. The maximum atomic E-state index is 10.9. The van der Waals surface area contributed by atoms with E-state index in [1.165, 1.54) is 24.0 Å². The van der Waals surface area contributed by atoms with E-state index in [1.54, 1.807) is 5.48 Å². The van der Waals surface area contributed by atoms with Crippen molar-refractivity contribution in [1.82, 2.24) is 10.4 Å². The highest BCUT2D eigenvalue weighted by Crippen LogP contribution is 2.34. The zero-order valence-corrected chi connectivity index (χ0v) is 16.8. The van der Waals surface area contributed by atoms with E-state index in [1.807, 2.05) is 13.8 Å². The topological polar surface area (TPSA) is 71.0 Å². The van der Waals surface area contributed by atoms with Crippen LogP contribution in [0.25, 0.3) is 0 Å². The number of benzene rings is 1. The van der Waals surface area contributed by atoms with Crippen LogP contribution in [0.5, 0.6) is 11.5 Å². The van der Waals surface area contributed by atoms with Crippen LogP contribution in [0.2, 0.25) is 0 Å². The van der Waals surface area contributed by atoms with E-state index in [0.717, 1.165) is 56.8 Å². The summed E-state index contributed by atoms with van der Waals surface area (Å²) in [4.78, 5) is 13.5. The summed E-state index contributed by atoms with van der Waals surface area (Å²) in [5, 5.41) is 8.46. The Morgan fingerprint density at radius 2 is 1.67 bits per heavy atom. The number of hydroxylamine groups is 1. The Kier molecular flexibility index (Phi) is 9.42. The molecule has 6 heteroatoms. The summed E-state index contributed by atoms with van der Waals surface area (Å²) < 4.78 is 11.5. The molecule has 0 fully saturated rings. The minimum absolute atomic E-state index is 0.291. The predicted molar refractivity (Wildman–Crippen MR) is 105 cm³/mol. The molecule has 1 amide bonds. The van der Waals surface area contributed by atoms with Crippen molar-refractivity contribution in [2.75, 3.05) is 26.3 Å². The molecule has 152 valence electrons. The lowest BCUT2D eigenvalue weighted by molar-refractivity contribution is -0.129. The number of amides is 1. The number of ether oxygens (including phenoxy) is 2. The Balaban J connectivity index is 1.75. The molecular formula is C21H34N2O4. The lowest BCUT2D eigenvalue weighted by Crippen LogP contribution is -2.31. The molecule has 0 saturated carbocycles. The van der Waals surface area contributed by atoms with E-state index in [2.05, 4.69) is 17.0 Å². The van der Waals surface area contributed by atoms with E-state index in [-0.39, 0.29) is 5.91 Å². The van der Waals surface area contributed by atoms with Gasteiger partial charge in [-0.3, -0.25) is 14.9 Å². The van der Waals surface area contributed by atoms with Gasteiger partial charge in [-0.2, -0.15) is 0 Å². The van der Waals surface area contributed by atoms with Crippen LogP contribution in [0.3, 0.4) is 0 Å². The third-order valence-corrected chi connectivity index (χ3v) is 4.96. The first-order chi connectivity index (χ1) is 13.2. The first kappa shape index (κ1) is 21.5. The fraction of sp³-hybridized carbons (Fsp3) is 0.667. The highest BCUT2D eigenvalue weighted by atomic mass is 16.5. The van der Waals surface area contributed by atoms with Gasteiger partial charge < -0.3 is 9.47 Å². The molecule has 1 aromatic carbocycles. The van der Waals surface area contributed by atoms with Crippen LogP contribution in [-0.2, 0) is 17.8 Å². The van der Waals surface area contributed by atoms with Crippen molar-refractivity contribution in [2.24, 2.45) is 0 Å². The maximum absolute atomic E-state index is 10.9. The van der Waals surface area contributed by atoms with E-state index < -0.39 is 0 Å². The molecule has 0 aromatic heterocycles. The number of nitrogens with zero attached hydrogens (tertiary/aromatic N) is 1. The smallest absolute Gasteiger partial charge is 0.243 e. The quantitative estimate of drug-likeness (QED) is 0.330. The number of unbranched alkanes of at least 4 members (excludes halogenated alkanes) is 4. The third kappa shape index (κ3) is 7.03. The molecule has 0 atom stereocenters. The van der Waals surface area contributed by atoms with Crippen LogP contribution >= 0.6 is 0 Å². The molecule has 0 radical (unpaired) electrons. The zero-order chi connectivity index (χ0) is 19.5. The molecule has 1 aromatic rings. The minimum Gasteiger partial charge on any atom is -0.490 e. The Bertz CT molecular complexity index is 592. The minimum atomic E-state index is -0.291. The molecule has 2 rings (SSSR count). The Morgan fingerprint density at radius 3 is 2.33 bits per heavy atom. The van der Waals surface area contributed by atoms with E-state index >= 15 is 0 Å². The third-order valence-electron chi connectivity index (χ3n) is 4.96. The number of hydrogen-bond donors (Lipinski definition) is 2. The molecule has 0 saturated heterocycles. The monoisotopic (exact) mass is 378 g/mol. The first-order valence-electron chi connectivity index (χ1n) is 10.2. The van der Waals surface area contributed by atoms with Crippen molar-refractivity contribution in [3.63, 3.8) is 0 Å². The van der Waals surface area contributed by atoms with Gasteiger partial charge in [-0.1, -0.05) is 19.3 Å². The highest BCUT2D eigenvalue weighted by Gasteiger charge is 2.19. The van der Waals surface area contributed by atoms with Gasteiger partial charge in [-0.05, 0) is 62.9 Å². The molecule has 0 unspecified atom stereocenters. The second-order valence-electron chi connectivity index (χ2n) is 7.01. The van der Waals surface area contributed by atoms with Crippen molar-refractivity contribution in [3.05, 3.63) is 23.3 Å². The van der Waals surface area contributed by atoms with Crippen LogP contribution in [0, 0.1) is 0 Å². The molecule has 1 aliphatic rings. The van der Waals surface area contributed by atoms with Crippen LogP contribution < -0.4 is 15.0 Å². The summed E-state index contributed by atoms with van der Waals surface area (Å²) in [7, 11) is 0. The number of nitrogens with one attached hydrogen (secondary N) is 1. The van der Waals surface area contributed by atoms with E-state index in [9.17, 15) is 4.79 Å². The average Bonchev–Trinajstić information content (AvgIpc) is 2.68. The summed E-state index contributed by atoms with van der Waals surface area (Å²) in [6.45, 7) is 8.45. The van der Waals surface area contributed by atoms with Crippen molar-refractivity contribution >= 4 is 5.91 Å². The van der Waals surface area contributed by atoms with Gasteiger partial charge in [0.05, 0.1) is 13.2 Å². The normalized spacial score (nSPS) is 13.9. The van der Waals surface area contributed by atoms with Gasteiger partial charge in [0, 0.05) is 19.5 Å². The molecule has 27 heavy (non-hydrogen) atoms. The zero-order valence-electron chi connectivity index (χ0n) is 16.8. The Morgan fingerprint density at radius 1 is 1.04 bits per heavy atom. The van der Waals surface area contributed by atoms with Crippen LogP contribution in [-0.4, -0.2) is 42.3 Å². The molecule has 0 spiro atoms. The number of hydrogen-bond acceptors (Lipinski definition) is 5. The van der Waals surface area contributed by atoms with Gasteiger partial charge in [0.1, 0.15) is 0 Å². The lowest BCUT2D eigenvalue weighted by atomic mass is 9.98. The Labute approximate surface area is 162 Å². The standard InChI is InChI=1S/C21H34N2O4/c1-3-26-19-14-17-11-13-23(16-18(17)15-20(19)27-4-2)12-9-7-5-6-8-10-21(24)22-25/h14-15,25H,3-13,16H2,1-2H3,(H,22,24). The van der Waals surface area contributed by atoms with Crippen molar-refractivity contribution in [1.29, 1.82) is 0 Å². The van der Waals surface area contributed by atoms with Crippen molar-refractivity contribution in [3.8, 4) is 11.5 Å². The van der Waals surface area contributed by atoms with E-state index in [0.29, 0.717) is 19.6 Å². The van der Waals surface area contributed by atoms with Gasteiger partial charge >= 0.3 is 0 Å². The van der Waals surface area contributed by atoms with E-state index in [4.69, 9.17) is 14.7 Å². The van der Waals surface area contributed by atoms with Crippen LogP contribution in [0.4, 0.5) is 0 Å². The fourth-order valence-electron chi connectivity index (χ4n) is 3.56. The first-order valence-corrected chi connectivity index (χ1v) is 10.2. The largest absolute Gasteiger partial charge is 0.490 e. The van der Waals surface area contributed by atoms with Gasteiger partial charge in [0.25, 0.3) is 0 Å². The molecular weight excluding hydrogens is 344 g/mol. The number of carbonyl (C=O) groups excluding carboxylic acids is 1. The van der Waals surface area contributed by atoms with Gasteiger partial charge in [0.15, 0.2) is 11.5 Å². The van der Waals surface area contributed by atoms with Crippen molar-refractivity contribution in [2.45, 2.75) is 65.3 Å². The maximum Gasteiger partial charge on any atom is 0.243 e. The summed E-state index contributed by atoms with van der Waals surface area (Å²) in [6.07, 6.45) is 6.83. The number of carbonyl (C=O) groups is 1.